The van der Waals surface area contributed by atoms with Crippen LogP contribution in [-0.4, -0.2) is 13.2 Å². The Kier molecular flexibility index (Phi) is 1.48. The van der Waals surface area contributed by atoms with Crippen LogP contribution in [0.2, 0.25) is 0 Å². The van der Waals surface area contributed by atoms with Crippen LogP contribution in [0.25, 0.3) is 11.0 Å². The molecular formula is C11H11NO2. The number of hydrogen-bond donors (Lipinski definition) is 1. The van der Waals surface area contributed by atoms with Gasteiger partial charge in [0.05, 0.1) is 25.0 Å². The number of para-hydroxylation sites is 1. The van der Waals surface area contributed by atoms with Crippen LogP contribution in [0, 0.1) is 0 Å². The molecule has 0 radical (unpaired) electrons. The molecule has 14 heavy (non-hydrogen) atoms. The number of benzene rings is 1. The summed E-state index contributed by atoms with van der Waals surface area (Å²) in [5, 5.41) is 1.10. The molecule has 3 heteroatoms. The van der Waals surface area contributed by atoms with Crippen LogP contribution in [0.5, 0.6) is 0 Å². The van der Waals surface area contributed by atoms with Crippen molar-refractivity contribution in [1.82, 2.24) is 0 Å². The highest BCUT2D eigenvalue weighted by Gasteiger charge is 2.38. The van der Waals surface area contributed by atoms with Crippen molar-refractivity contribution in [2.75, 3.05) is 13.2 Å². The summed E-state index contributed by atoms with van der Waals surface area (Å²) in [6.07, 6.45) is 1.74. The molecule has 1 aromatic heterocycles. The molecule has 3 nitrogen and oxygen atoms in total. The molecule has 0 amide bonds. The van der Waals surface area contributed by atoms with Gasteiger partial charge in [0.25, 0.3) is 0 Å². The van der Waals surface area contributed by atoms with Gasteiger partial charge >= 0.3 is 0 Å². The van der Waals surface area contributed by atoms with Crippen LogP contribution in [0.15, 0.2) is 34.9 Å². The van der Waals surface area contributed by atoms with Crippen molar-refractivity contribution in [3.63, 3.8) is 0 Å². The number of fused-ring (bicyclic) bond motifs is 1. The van der Waals surface area contributed by atoms with Crippen molar-refractivity contribution in [1.29, 1.82) is 0 Å². The molecular weight excluding hydrogens is 178 g/mol. The summed E-state index contributed by atoms with van der Waals surface area (Å²) in [5.41, 5.74) is 7.75. The van der Waals surface area contributed by atoms with E-state index in [9.17, 15) is 0 Å². The van der Waals surface area contributed by atoms with Crippen LogP contribution in [0.4, 0.5) is 0 Å². The van der Waals surface area contributed by atoms with Crippen molar-refractivity contribution in [2.45, 2.75) is 5.54 Å². The summed E-state index contributed by atoms with van der Waals surface area (Å²) >= 11 is 0. The summed E-state index contributed by atoms with van der Waals surface area (Å²) in [5.74, 6) is 0. The van der Waals surface area contributed by atoms with Crippen molar-refractivity contribution in [3.8, 4) is 0 Å². The van der Waals surface area contributed by atoms with Crippen molar-refractivity contribution in [3.05, 3.63) is 36.1 Å². The molecule has 0 spiro atoms. The van der Waals surface area contributed by atoms with Gasteiger partial charge in [-0.3, -0.25) is 0 Å². The minimum absolute atomic E-state index is 0.341. The van der Waals surface area contributed by atoms with E-state index >= 15 is 0 Å². The van der Waals surface area contributed by atoms with Crippen molar-refractivity contribution >= 4 is 11.0 Å². The third kappa shape index (κ3) is 0.937. The first-order chi connectivity index (χ1) is 6.80. The second kappa shape index (κ2) is 2.59. The van der Waals surface area contributed by atoms with Gasteiger partial charge in [-0.05, 0) is 6.07 Å². The predicted molar refractivity (Wildman–Crippen MR) is 52.9 cm³/mol. The van der Waals surface area contributed by atoms with E-state index in [1.807, 2.05) is 24.3 Å². The highest BCUT2D eigenvalue weighted by molar-refractivity contribution is 5.82. The molecule has 2 heterocycles. The van der Waals surface area contributed by atoms with E-state index in [4.69, 9.17) is 14.9 Å². The highest BCUT2D eigenvalue weighted by Crippen LogP contribution is 2.33. The maximum absolute atomic E-state index is 6.15. The van der Waals surface area contributed by atoms with Gasteiger partial charge in [-0.1, -0.05) is 18.2 Å². The van der Waals surface area contributed by atoms with Gasteiger partial charge in [0.1, 0.15) is 5.58 Å². The fraction of sp³-hybridized carbons (Fsp3) is 0.273. The predicted octanol–water partition coefficient (Wildman–Crippen LogP) is 1.62. The molecule has 0 saturated carbocycles. The molecule has 1 saturated heterocycles. The number of rotatable bonds is 1. The molecule has 2 aromatic rings. The van der Waals surface area contributed by atoms with E-state index in [0.717, 1.165) is 16.5 Å². The smallest absolute Gasteiger partial charge is 0.134 e. The van der Waals surface area contributed by atoms with E-state index in [2.05, 4.69) is 0 Å². The zero-order valence-electron chi connectivity index (χ0n) is 7.69. The second-order valence-electron chi connectivity index (χ2n) is 3.79. The Balaban J connectivity index is 2.22. The largest absolute Gasteiger partial charge is 0.464 e. The first-order valence-electron chi connectivity index (χ1n) is 4.63. The number of nitrogens with two attached hydrogens (primary N) is 1. The van der Waals surface area contributed by atoms with E-state index in [0.29, 0.717) is 13.2 Å². The number of ether oxygens (including phenoxy) is 1. The first kappa shape index (κ1) is 8.03. The summed E-state index contributed by atoms with van der Waals surface area (Å²) in [7, 11) is 0. The third-order valence-corrected chi connectivity index (χ3v) is 2.74. The van der Waals surface area contributed by atoms with Gasteiger partial charge in [0.15, 0.2) is 0 Å². The Bertz CT molecular complexity index is 471. The van der Waals surface area contributed by atoms with Crippen molar-refractivity contribution < 1.29 is 9.15 Å². The minimum atomic E-state index is -0.341. The Labute approximate surface area is 81.4 Å². The Morgan fingerprint density at radius 3 is 2.71 bits per heavy atom. The monoisotopic (exact) mass is 189 g/mol. The maximum Gasteiger partial charge on any atom is 0.134 e. The van der Waals surface area contributed by atoms with E-state index < -0.39 is 0 Å². The van der Waals surface area contributed by atoms with Gasteiger partial charge in [0, 0.05) is 10.9 Å². The lowest BCUT2D eigenvalue weighted by molar-refractivity contribution is -0.0565. The minimum Gasteiger partial charge on any atom is -0.464 e. The Morgan fingerprint density at radius 1 is 1.21 bits per heavy atom. The lowest BCUT2D eigenvalue weighted by atomic mass is 9.89. The Hall–Kier alpha value is -1.32. The molecule has 1 fully saturated rings. The average Bonchev–Trinajstić information content (AvgIpc) is 2.58. The molecule has 0 atom stereocenters. The quantitative estimate of drug-likeness (QED) is 0.741. The lowest BCUT2D eigenvalue weighted by Crippen LogP contribution is -2.54. The molecule has 1 aromatic carbocycles. The fourth-order valence-electron chi connectivity index (χ4n) is 1.84. The van der Waals surface area contributed by atoms with E-state index in [1.54, 1.807) is 6.26 Å². The van der Waals surface area contributed by atoms with Crippen LogP contribution in [-0.2, 0) is 10.3 Å². The first-order valence-corrected chi connectivity index (χ1v) is 4.63. The SMILES string of the molecule is NC1(c2coc3ccccc23)COC1. The third-order valence-electron chi connectivity index (χ3n) is 2.74. The van der Waals surface area contributed by atoms with Crippen LogP contribution < -0.4 is 5.73 Å². The second-order valence-corrected chi connectivity index (χ2v) is 3.79. The summed E-state index contributed by atoms with van der Waals surface area (Å²) in [6, 6.07) is 7.92. The summed E-state index contributed by atoms with van der Waals surface area (Å²) in [6.45, 7) is 1.16. The van der Waals surface area contributed by atoms with Crippen LogP contribution in [0.1, 0.15) is 5.56 Å². The zero-order valence-corrected chi connectivity index (χ0v) is 7.69. The van der Waals surface area contributed by atoms with Gasteiger partial charge in [0.2, 0.25) is 0 Å². The molecule has 0 aliphatic carbocycles. The van der Waals surface area contributed by atoms with Crippen LogP contribution >= 0.6 is 0 Å². The standard InChI is InChI=1S/C11H11NO2/c12-11(6-13-7-11)9-5-14-10-4-2-1-3-8(9)10/h1-5H,6-7,12H2. The van der Waals surface area contributed by atoms with Gasteiger partial charge in [-0.25, -0.2) is 0 Å². The number of furan rings is 1. The molecule has 3 rings (SSSR count). The Morgan fingerprint density at radius 2 is 2.00 bits per heavy atom. The zero-order chi connectivity index (χ0) is 9.60. The average molecular weight is 189 g/mol. The maximum atomic E-state index is 6.15. The summed E-state index contributed by atoms with van der Waals surface area (Å²) < 4.78 is 10.6. The number of hydrogen-bond acceptors (Lipinski definition) is 3. The topological polar surface area (TPSA) is 48.4 Å². The van der Waals surface area contributed by atoms with Gasteiger partial charge in [-0.15, -0.1) is 0 Å². The summed E-state index contributed by atoms with van der Waals surface area (Å²) in [4.78, 5) is 0. The lowest BCUT2D eigenvalue weighted by Gasteiger charge is -2.37. The molecule has 1 aliphatic rings. The van der Waals surface area contributed by atoms with E-state index in [-0.39, 0.29) is 5.54 Å². The van der Waals surface area contributed by atoms with Gasteiger partial charge < -0.3 is 14.9 Å². The van der Waals surface area contributed by atoms with Crippen LogP contribution in [0.3, 0.4) is 0 Å². The molecule has 0 unspecified atom stereocenters. The molecule has 72 valence electrons. The van der Waals surface area contributed by atoms with E-state index in [1.165, 1.54) is 0 Å². The highest BCUT2D eigenvalue weighted by atomic mass is 16.5. The normalized spacial score (nSPS) is 19.5. The molecule has 1 aliphatic heterocycles. The molecule has 2 N–H and O–H groups in total. The van der Waals surface area contributed by atoms with Crippen molar-refractivity contribution in [2.24, 2.45) is 5.73 Å². The van der Waals surface area contributed by atoms with Gasteiger partial charge in [-0.2, -0.15) is 0 Å². The molecule has 0 bridgehead atoms. The fourth-order valence-corrected chi connectivity index (χ4v) is 1.84.